The molecule has 1 aliphatic rings. The first-order valence-electron chi connectivity index (χ1n) is 5.74. The molecule has 1 rings (SSSR count). The quantitative estimate of drug-likeness (QED) is 0.627. The topological polar surface area (TPSA) is 9.23 Å². The van der Waals surface area contributed by atoms with E-state index in [1.807, 2.05) is 14.0 Å². The van der Waals surface area contributed by atoms with Crippen LogP contribution in [0.3, 0.4) is 0 Å². The average Bonchev–Trinajstić information content (AvgIpc) is 2.21. The highest BCUT2D eigenvalue weighted by Gasteiger charge is 2.26. The molecule has 1 fully saturated rings. The minimum Gasteiger partial charge on any atom is -0.380 e. The summed E-state index contributed by atoms with van der Waals surface area (Å²) in [4.78, 5) is 0. The molecule has 14 heavy (non-hydrogen) atoms. The van der Waals surface area contributed by atoms with E-state index in [0.717, 1.165) is 5.92 Å². The molecule has 1 saturated carbocycles. The van der Waals surface area contributed by atoms with Gasteiger partial charge in [-0.25, -0.2) is 0 Å². The lowest BCUT2D eigenvalue weighted by molar-refractivity contribution is 0.0142. The molecule has 0 unspecified atom stereocenters. The van der Waals surface area contributed by atoms with E-state index in [1.54, 1.807) is 0 Å². The summed E-state index contributed by atoms with van der Waals surface area (Å²) < 4.78 is 5.60. The van der Waals surface area contributed by atoms with E-state index in [9.17, 15) is 0 Å². The lowest BCUT2D eigenvalue weighted by Gasteiger charge is -2.31. The molecule has 0 aromatic carbocycles. The Hall–Kier alpha value is -0.480. The summed E-state index contributed by atoms with van der Waals surface area (Å²) in [5.41, 5.74) is 0. The van der Waals surface area contributed by atoms with E-state index in [2.05, 4.69) is 18.8 Å². The maximum atomic E-state index is 5.60. The molecule has 1 nitrogen and oxygen atoms in total. The SMILES string of the molecule is CC#C[C@H](C)[C@H](OC)C1CCCCC1. The third-order valence-electron chi connectivity index (χ3n) is 3.25. The van der Waals surface area contributed by atoms with Crippen LogP contribution in [0.2, 0.25) is 0 Å². The van der Waals surface area contributed by atoms with Gasteiger partial charge < -0.3 is 4.74 Å². The van der Waals surface area contributed by atoms with Crippen LogP contribution in [0.1, 0.15) is 46.0 Å². The molecular formula is C13H22O. The molecule has 1 aliphatic carbocycles. The fraction of sp³-hybridized carbons (Fsp3) is 0.846. The minimum atomic E-state index is 0.350. The Bertz CT molecular complexity index is 205. The van der Waals surface area contributed by atoms with Gasteiger partial charge in [-0.3, -0.25) is 0 Å². The van der Waals surface area contributed by atoms with Crippen molar-refractivity contribution >= 4 is 0 Å². The van der Waals surface area contributed by atoms with Crippen LogP contribution in [-0.4, -0.2) is 13.2 Å². The summed E-state index contributed by atoms with van der Waals surface area (Å²) in [6.07, 6.45) is 7.15. The van der Waals surface area contributed by atoms with Gasteiger partial charge in [-0.2, -0.15) is 0 Å². The van der Waals surface area contributed by atoms with Crippen molar-refractivity contribution in [2.45, 2.75) is 52.1 Å². The monoisotopic (exact) mass is 194 g/mol. The summed E-state index contributed by atoms with van der Waals surface area (Å²) in [7, 11) is 1.83. The van der Waals surface area contributed by atoms with E-state index in [4.69, 9.17) is 4.74 Å². The van der Waals surface area contributed by atoms with Crippen molar-refractivity contribution in [1.29, 1.82) is 0 Å². The molecule has 0 radical (unpaired) electrons. The van der Waals surface area contributed by atoms with Crippen LogP contribution >= 0.6 is 0 Å². The molecule has 0 spiro atoms. The maximum Gasteiger partial charge on any atom is 0.0734 e. The second kappa shape index (κ2) is 6.09. The summed E-state index contributed by atoms with van der Waals surface area (Å²) in [5.74, 6) is 7.33. The van der Waals surface area contributed by atoms with Gasteiger partial charge in [0.05, 0.1) is 6.10 Å². The van der Waals surface area contributed by atoms with Crippen LogP contribution in [0.4, 0.5) is 0 Å². The van der Waals surface area contributed by atoms with Crippen molar-refractivity contribution in [3.63, 3.8) is 0 Å². The van der Waals surface area contributed by atoms with Crippen molar-refractivity contribution in [3.8, 4) is 11.8 Å². The van der Waals surface area contributed by atoms with E-state index in [1.165, 1.54) is 32.1 Å². The average molecular weight is 194 g/mol. The standard InChI is InChI=1S/C13H22O/c1-4-8-11(2)13(14-3)12-9-6-5-7-10-12/h11-13H,5-7,9-10H2,1-3H3/t11-,13-/m0/s1. The summed E-state index contributed by atoms with van der Waals surface area (Å²) >= 11 is 0. The van der Waals surface area contributed by atoms with Crippen molar-refractivity contribution in [3.05, 3.63) is 0 Å². The molecular weight excluding hydrogens is 172 g/mol. The number of ether oxygens (including phenoxy) is 1. The Kier molecular flexibility index (Phi) is 5.04. The number of rotatable bonds is 3. The highest BCUT2D eigenvalue weighted by atomic mass is 16.5. The number of hydrogen-bond acceptors (Lipinski definition) is 1. The Morgan fingerprint density at radius 3 is 2.36 bits per heavy atom. The number of methoxy groups -OCH3 is 1. The predicted octanol–water partition coefficient (Wildman–Crippen LogP) is 3.24. The van der Waals surface area contributed by atoms with Gasteiger partial charge in [0.15, 0.2) is 0 Å². The summed E-state index contributed by atoms with van der Waals surface area (Å²) in [6, 6.07) is 0. The van der Waals surface area contributed by atoms with E-state index >= 15 is 0 Å². The lowest BCUT2D eigenvalue weighted by atomic mass is 9.81. The van der Waals surface area contributed by atoms with Gasteiger partial charge in [-0.15, -0.1) is 5.92 Å². The van der Waals surface area contributed by atoms with Gasteiger partial charge in [-0.05, 0) is 32.6 Å². The smallest absolute Gasteiger partial charge is 0.0734 e. The first kappa shape index (κ1) is 11.6. The first-order valence-corrected chi connectivity index (χ1v) is 5.74. The predicted molar refractivity (Wildman–Crippen MR) is 60.0 cm³/mol. The highest BCUT2D eigenvalue weighted by molar-refractivity contribution is 5.03. The molecule has 2 atom stereocenters. The van der Waals surface area contributed by atoms with Crippen molar-refractivity contribution in [2.75, 3.05) is 7.11 Å². The van der Waals surface area contributed by atoms with Gasteiger partial charge in [-0.1, -0.05) is 25.2 Å². The Balaban J connectivity index is 2.53. The fourth-order valence-corrected chi connectivity index (χ4v) is 2.58. The van der Waals surface area contributed by atoms with Crippen molar-refractivity contribution in [2.24, 2.45) is 11.8 Å². The molecule has 0 heterocycles. The van der Waals surface area contributed by atoms with Crippen LogP contribution in [-0.2, 0) is 4.74 Å². The Morgan fingerprint density at radius 2 is 1.86 bits per heavy atom. The Morgan fingerprint density at radius 1 is 1.21 bits per heavy atom. The molecule has 0 bridgehead atoms. The van der Waals surface area contributed by atoms with Gasteiger partial charge in [0.2, 0.25) is 0 Å². The molecule has 0 amide bonds. The van der Waals surface area contributed by atoms with Crippen molar-refractivity contribution in [1.82, 2.24) is 0 Å². The molecule has 0 N–H and O–H groups in total. The summed E-state index contributed by atoms with van der Waals surface area (Å²) in [6.45, 7) is 4.09. The lowest BCUT2D eigenvalue weighted by Crippen LogP contribution is -2.30. The van der Waals surface area contributed by atoms with E-state index < -0.39 is 0 Å². The van der Waals surface area contributed by atoms with Gasteiger partial charge in [0, 0.05) is 13.0 Å². The third kappa shape index (κ3) is 3.03. The highest BCUT2D eigenvalue weighted by Crippen LogP contribution is 2.30. The fourth-order valence-electron chi connectivity index (χ4n) is 2.58. The first-order chi connectivity index (χ1) is 6.79. The zero-order valence-electron chi connectivity index (χ0n) is 9.68. The Labute approximate surface area is 88.2 Å². The minimum absolute atomic E-state index is 0.350. The molecule has 0 aromatic heterocycles. The molecule has 1 heteroatoms. The zero-order valence-corrected chi connectivity index (χ0v) is 9.68. The largest absolute Gasteiger partial charge is 0.380 e. The van der Waals surface area contributed by atoms with Crippen molar-refractivity contribution < 1.29 is 4.74 Å². The van der Waals surface area contributed by atoms with E-state index in [0.29, 0.717) is 12.0 Å². The third-order valence-corrected chi connectivity index (χ3v) is 3.25. The van der Waals surface area contributed by atoms with Crippen LogP contribution in [0.25, 0.3) is 0 Å². The van der Waals surface area contributed by atoms with Crippen LogP contribution in [0.5, 0.6) is 0 Å². The van der Waals surface area contributed by atoms with Gasteiger partial charge in [0.25, 0.3) is 0 Å². The molecule has 0 saturated heterocycles. The molecule has 80 valence electrons. The van der Waals surface area contributed by atoms with Crippen LogP contribution < -0.4 is 0 Å². The van der Waals surface area contributed by atoms with Crippen LogP contribution in [0, 0.1) is 23.7 Å². The van der Waals surface area contributed by atoms with E-state index in [-0.39, 0.29) is 0 Å². The van der Waals surface area contributed by atoms with Crippen LogP contribution in [0.15, 0.2) is 0 Å². The number of hydrogen-bond donors (Lipinski definition) is 0. The summed E-state index contributed by atoms with van der Waals surface area (Å²) in [5, 5.41) is 0. The van der Waals surface area contributed by atoms with Gasteiger partial charge in [0.1, 0.15) is 0 Å². The van der Waals surface area contributed by atoms with Gasteiger partial charge >= 0.3 is 0 Å². The normalized spacial score (nSPS) is 22.2. The second-order valence-corrected chi connectivity index (χ2v) is 4.28. The molecule has 0 aliphatic heterocycles. The maximum absolute atomic E-state index is 5.60. The second-order valence-electron chi connectivity index (χ2n) is 4.28. The molecule has 0 aromatic rings. The zero-order chi connectivity index (χ0) is 10.4.